The van der Waals surface area contributed by atoms with Gasteiger partial charge < -0.3 is 14.8 Å². The third kappa shape index (κ3) is 4.57. The fourth-order valence-electron chi connectivity index (χ4n) is 2.17. The summed E-state index contributed by atoms with van der Waals surface area (Å²) in [5, 5.41) is 13.5. The molecule has 0 aliphatic rings. The van der Waals surface area contributed by atoms with Crippen molar-refractivity contribution < 1.29 is 19.2 Å². The number of anilines is 1. The highest BCUT2D eigenvalue weighted by Gasteiger charge is 2.10. The fourth-order valence-corrected chi connectivity index (χ4v) is 2.17. The Balaban J connectivity index is 2.19. The van der Waals surface area contributed by atoms with Crippen molar-refractivity contribution in [1.82, 2.24) is 0 Å². The third-order valence-electron chi connectivity index (χ3n) is 3.54. The molecule has 0 saturated heterocycles. The van der Waals surface area contributed by atoms with Gasteiger partial charge in [-0.2, -0.15) is 0 Å². The van der Waals surface area contributed by atoms with Gasteiger partial charge in [0, 0.05) is 23.8 Å². The first kappa shape index (κ1) is 18.0. The minimum absolute atomic E-state index is 0.0839. The number of hydrogen-bond donors (Lipinski definition) is 1. The molecule has 1 amide bonds. The number of nitrogens with zero attached hydrogens (tertiary/aromatic N) is 1. The van der Waals surface area contributed by atoms with Gasteiger partial charge in [-0.15, -0.1) is 0 Å². The van der Waals surface area contributed by atoms with Crippen LogP contribution in [0.4, 0.5) is 11.4 Å². The van der Waals surface area contributed by atoms with Gasteiger partial charge in [0.25, 0.3) is 5.69 Å². The summed E-state index contributed by atoms with van der Waals surface area (Å²) in [6.45, 7) is 1.76. The van der Waals surface area contributed by atoms with Crippen molar-refractivity contribution in [2.75, 3.05) is 19.5 Å². The van der Waals surface area contributed by atoms with Gasteiger partial charge in [-0.3, -0.25) is 14.9 Å². The fraction of sp³-hybridized carbons (Fsp3) is 0.167. The van der Waals surface area contributed by atoms with E-state index in [1.807, 2.05) is 0 Å². The summed E-state index contributed by atoms with van der Waals surface area (Å²) >= 11 is 0. The SMILES string of the molecule is COc1ccc(OC)c(/C=C/C(=O)Nc2cc([N+](=O)[O-])ccc2C)c1. The molecule has 0 bridgehead atoms. The molecule has 2 aromatic rings. The molecule has 25 heavy (non-hydrogen) atoms. The summed E-state index contributed by atoms with van der Waals surface area (Å²) in [4.78, 5) is 22.5. The summed E-state index contributed by atoms with van der Waals surface area (Å²) in [6, 6.07) is 9.53. The molecule has 2 aromatic carbocycles. The molecule has 0 radical (unpaired) electrons. The highest BCUT2D eigenvalue weighted by Crippen LogP contribution is 2.25. The highest BCUT2D eigenvalue weighted by molar-refractivity contribution is 6.02. The quantitative estimate of drug-likeness (QED) is 0.492. The maximum absolute atomic E-state index is 12.1. The third-order valence-corrected chi connectivity index (χ3v) is 3.54. The van der Waals surface area contributed by atoms with Gasteiger partial charge in [0.1, 0.15) is 11.5 Å². The van der Waals surface area contributed by atoms with E-state index in [-0.39, 0.29) is 5.69 Å². The maximum atomic E-state index is 12.1. The number of rotatable bonds is 6. The lowest BCUT2D eigenvalue weighted by molar-refractivity contribution is -0.384. The Hall–Kier alpha value is -3.35. The Morgan fingerprint density at radius 2 is 1.92 bits per heavy atom. The number of carbonyl (C=O) groups is 1. The van der Waals surface area contributed by atoms with Gasteiger partial charge in [-0.1, -0.05) is 6.07 Å². The average molecular weight is 342 g/mol. The van der Waals surface area contributed by atoms with Crippen LogP contribution in [-0.4, -0.2) is 25.1 Å². The molecule has 0 heterocycles. The topological polar surface area (TPSA) is 90.7 Å². The van der Waals surface area contributed by atoms with Crippen LogP contribution in [0.5, 0.6) is 11.5 Å². The molecule has 1 N–H and O–H groups in total. The van der Waals surface area contributed by atoms with Gasteiger partial charge >= 0.3 is 0 Å². The predicted molar refractivity (Wildman–Crippen MR) is 95.0 cm³/mol. The second-order valence-corrected chi connectivity index (χ2v) is 5.19. The second kappa shape index (κ2) is 7.96. The van der Waals surface area contributed by atoms with E-state index < -0.39 is 10.8 Å². The maximum Gasteiger partial charge on any atom is 0.271 e. The smallest absolute Gasteiger partial charge is 0.271 e. The summed E-state index contributed by atoms with van der Waals surface area (Å²) in [7, 11) is 3.08. The lowest BCUT2D eigenvalue weighted by Crippen LogP contribution is -2.09. The summed E-state index contributed by atoms with van der Waals surface area (Å²) < 4.78 is 10.4. The molecular weight excluding hydrogens is 324 g/mol. The zero-order chi connectivity index (χ0) is 18.4. The van der Waals surface area contributed by atoms with Crippen LogP contribution >= 0.6 is 0 Å². The van der Waals surface area contributed by atoms with Gasteiger partial charge in [0.05, 0.1) is 24.8 Å². The predicted octanol–water partition coefficient (Wildman–Crippen LogP) is 3.57. The van der Waals surface area contributed by atoms with E-state index >= 15 is 0 Å². The number of nitro groups is 1. The molecule has 2 rings (SSSR count). The van der Waals surface area contributed by atoms with E-state index in [2.05, 4.69) is 5.32 Å². The van der Waals surface area contributed by atoms with Gasteiger partial charge in [-0.05, 0) is 36.8 Å². The Kier molecular flexibility index (Phi) is 5.73. The van der Waals surface area contributed by atoms with Crippen LogP contribution in [0, 0.1) is 17.0 Å². The standard InChI is InChI=1S/C18H18N2O5/c1-12-4-6-14(20(22)23)11-16(12)19-18(21)9-5-13-10-15(24-2)7-8-17(13)25-3/h4-11H,1-3H3,(H,19,21)/b9-5+. The first-order valence-corrected chi connectivity index (χ1v) is 7.40. The molecule has 7 nitrogen and oxygen atoms in total. The van der Waals surface area contributed by atoms with Crippen LogP contribution in [0.25, 0.3) is 6.08 Å². The van der Waals surface area contributed by atoms with E-state index in [0.717, 1.165) is 5.56 Å². The van der Waals surface area contributed by atoms with Crippen molar-refractivity contribution in [2.45, 2.75) is 6.92 Å². The normalized spacial score (nSPS) is 10.5. The van der Waals surface area contributed by atoms with Crippen molar-refractivity contribution in [3.63, 3.8) is 0 Å². The van der Waals surface area contributed by atoms with Crippen LogP contribution in [0.1, 0.15) is 11.1 Å². The zero-order valence-electron chi connectivity index (χ0n) is 14.1. The van der Waals surface area contributed by atoms with Crippen molar-refractivity contribution >= 4 is 23.4 Å². The van der Waals surface area contributed by atoms with Crippen LogP contribution < -0.4 is 14.8 Å². The number of methoxy groups -OCH3 is 2. The van der Waals surface area contributed by atoms with E-state index in [9.17, 15) is 14.9 Å². The van der Waals surface area contributed by atoms with E-state index in [1.54, 1.807) is 44.4 Å². The van der Waals surface area contributed by atoms with E-state index in [1.165, 1.54) is 25.3 Å². The van der Waals surface area contributed by atoms with Crippen LogP contribution in [0.15, 0.2) is 42.5 Å². The molecule has 0 aromatic heterocycles. The summed E-state index contributed by atoms with van der Waals surface area (Å²) in [5.74, 6) is 0.820. The monoisotopic (exact) mass is 342 g/mol. The van der Waals surface area contributed by atoms with Crippen molar-refractivity contribution in [1.29, 1.82) is 0 Å². The number of non-ortho nitro benzene ring substituents is 1. The van der Waals surface area contributed by atoms with Gasteiger partial charge in [-0.25, -0.2) is 0 Å². The minimum Gasteiger partial charge on any atom is -0.497 e. The number of ether oxygens (including phenoxy) is 2. The largest absolute Gasteiger partial charge is 0.497 e. The number of carbonyl (C=O) groups excluding carboxylic acids is 1. The molecule has 0 atom stereocenters. The second-order valence-electron chi connectivity index (χ2n) is 5.19. The molecule has 130 valence electrons. The number of benzene rings is 2. The Morgan fingerprint density at radius 3 is 2.56 bits per heavy atom. The number of aryl methyl sites for hydroxylation is 1. The highest BCUT2D eigenvalue weighted by atomic mass is 16.6. The van der Waals surface area contributed by atoms with Crippen molar-refractivity contribution in [3.05, 3.63) is 63.7 Å². The van der Waals surface area contributed by atoms with Crippen molar-refractivity contribution in [2.24, 2.45) is 0 Å². The van der Waals surface area contributed by atoms with E-state index in [0.29, 0.717) is 22.7 Å². The Morgan fingerprint density at radius 1 is 1.16 bits per heavy atom. The number of nitrogens with one attached hydrogen (secondary N) is 1. The number of nitro benzene ring substituents is 1. The average Bonchev–Trinajstić information content (AvgIpc) is 2.61. The zero-order valence-corrected chi connectivity index (χ0v) is 14.1. The van der Waals surface area contributed by atoms with Crippen molar-refractivity contribution in [3.8, 4) is 11.5 Å². The molecule has 0 fully saturated rings. The van der Waals surface area contributed by atoms with Gasteiger partial charge in [0.2, 0.25) is 5.91 Å². The molecular formula is C18H18N2O5. The molecule has 0 unspecified atom stereocenters. The minimum atomic E-state index is -0.508. The lowest BCUT2D eigenvalue weighted by atomic mass is 10.1. The lowest BCUT2D eigenvalue weighted by Gasteiger charge is -2.08. The number of amides is 1. The van der Waals surface area contributed by atoms with E-state index in [4.69, 9.17) is 9.47 Å². The molecule has 0 saturated carbocycles. The molecule has 0 spiro atoms. The van der Waals surface area contributed by atoms with Gasteiger partial charge in [0.15, 0.2) is 0 Å². The number of hydrogen-bond acceptors (Lipinski definition) is 5. The molecule has 0 aliphatic carbocycles. The van der Waals surface area contributed by atoms with Crippen LogP contribution in [-0.2, 0) is 4.79 Å². The van der Waals surface area contributed by atoms with Crippen LogP contribution in [0.2, 0.25) is 0 Å². The summed E-state index contributed by atoms with van der Waals surface area (Å²) in [6.07, 6.45) is 2.92. The first-order chi connectivity index (χ1) is 11.9. The summed E-state index contributed by atoms with van der Waals surface area (Å²) in [5.41, 5.74) is 1.71. The Bertz CT molecular complexity index is 830. The first-order valence-electron chi connectivity index (χ1n) is 7.40. The molecule has 7 heteroatoms. The van der Waals surface area contributed by atoms with Crippen LogP contribution in [0.3, 0.4) is 0 Å². The molecule has 0 aliphatic heterocycles. The Labute approximate surface area is 145 Å².